The third kappa shape index (κ3) is 4.22. The summed E-state index contributed by atoms with van der Waals surface area (Å²) in [6.07, 6.45) is 0.880. The van der Waals surface area contributed by atoms with Crippen LogP contribution < -0.4 is 5.32 Å². The summed E-state index contributed by atoms with van der Waals surface area (Å²) >= 11 is 0. The van der Waals surface area contributed by atoms with E-state index in [1.807, 2.05) is 44.2 Å². The lowest BCUT2D eigenvalue weighted by atomic mass is 9.66. The number of carbonyl (C=O) groups excluding carboxylic acids is 2. The minimum absolute atomic E-state index is 0.0564. The van der Waals surface area contributed by atoms with Crippen molar-refractivity contribution in [2.45, 2.75) is 39.2 Å². The summed E-state index contributed by atoms with van der Waals surface area (Å²) in [4.78, 5) is 26.4. The van der Waals surface area contributed by atoms with Gasteiger partial charge in [-0.2, -0.15) is 0 Å². The van der Waals surface area contributed by atoms with Gasteiger partial charge in [0.2, 0.25) is 0 Å². The summed E-state index contributed by atoms with van der Waals surface area (Å²) in [5.74, 6) is -4.48. The molecule has 2 aromatic carbocycles. The van der Waals surface area contributed by atoms with Crippen molar-refractivity contribution in [1.82, 2.24) is 5.32 Å². The van der Waals surface area contributed by atoms with E-state index < -0.39 is 29.4 Å². The molecule has 1 aliphatic heterocycles. The number of Topliss-reactive ketones (excluding diaryl/α,β-unsaturated/α-hetero) is 1. The van der Waals surface area contributed by atoms with Crippen LogP contribution in [0.2, 0.25) is 0 Å². The predicted octanol–water partition coefficient (Wildman–Crippen LogP) is 5.17. The first-order valence-electron chi connectivity index (χ1n) is 10.5. The van der Waals surface area contributed by atoms with Crippen molar-refractivity contribution in [3.63, 3.8) is 0 Å². The summed E-state index contributed by atoms with van der Waals surface area (Å²) < 4.78 is 33.3. The van der Waals surface area contributed by atoms with Crippen LogP contribution >= 0.6 is 0 Å². The first-order chi connectivity index (χ1) is 15.2. The number of hydrogen-bond donors (Lipinski definition) is 1. The van der Waals surface area contributed by atoms with Crippen LogP contribution in [0.15, 0.2) is 72.1 Å². The van der Waals surface area contributed by atoms with Gasteiger partial charge >= 0.3 is 5.97 Å². The van der Waals surface area contributed by atoms with Crippen molar-refractivity contribution in [2.75, 3.05) is 0 Å². The molecule has 0 aromatic heterocycles. The number of esters is 1. The van der Waals surface area contributed by atoms with Crippen LogP contribution in [-0.2, 0) is 20.9 Å². The summed E-state index contributed by atoms with van der Waals surface area (Å²) in [7, 11) is 0. The van der Waals surface area contributed by atoms with Crippen molar-refractivity contribution >= 4 is 11.8 Å². The van der Waals surface area contributed by atoms with E-state index in [1.54, 1.807) is 0 Å². The Hall–Kier alpha value is -3.28. The van der Waals surface area contributed by atoms with Gasteiger partial charge in [-0.3, -0.25) is 9.59 Å². The van der Waals surface area contributed by atoms with E-state index >= 15 is 0 Å². The van der Waals surface area contributed by atoms with E-state index in [2.05, 4.69) is 11.9 Å². The van der Waals surface area contributed by atoms with Crippen LogP contribution in [0.3, 0.4) is 0 Å². The number of nitrogens with one attached hydrogen (secondary N) is 1. The molecule has 4 rings (SSSR count). The van der Waals surface area contributed by atoms with Crippen molar-refractivity contribution < 1.29 is 23.1 Å². The Morgan fingerprint density at radius 2 is 1.84 bits per heavy atom. The van der Waals surface area contributed by atoms with Crippen LogP contribution in [0, 0.1) is 23.0 Å². The molecule has 2 unspecified atom stereocenters. The fourth-order valence-electron chi connectivity index (χ4n) is 4.61. The fraction of sp³-hybridized carbons (Fsp3) is 0.308. The normalized spacial score (nSPS) is 22.2. The quantitative estimate of drug-likeness (QED) is 0.671. The molecule has 0 saturated carbocycles. The molecule has 1 heterocycles. The Balaban J connectivity index is 1.75. The summed E-state index contributed by atoms with van der Waals surface area (Å²) in [6.45, 7) is 8.07. The van der Waals surface area contributed by atoms with E-state index in [-0.39, 0.29) is 17.8 Å². The molecule has 166 valence electrons. The fourth-order valence-corrected chi connectivity index (χ4v) is 4.61. The molecule has 4 nitrogen and oxygen atoms in total. The van der Waals surface area contributed by atoms with Gasteiger partial charge in [0.1, 0.15) is 12.5 Å². The molecule has 32 heavy (non-hydrogen) atoms. The van der Waals surface area contributed by atoms with Gasteiger partial charge in [-0.25, -0.2) is 8.78 Å². The van der Waals surface area contributed by atoms with E-state index in [1.165, 1.54) is 6.07 Å². The molecular formula is C26H25F2NO3. The smallest absolute Gasteiger partial charge is 0.316 e. The van der Waals surface area contributed by atoms with Crippen LogP contribution in [0.5, 0.6) is 0 Å². The Bertz CT molecular complexity index is 1120. The Morgan fingerprint density at radius 3 is 2.53 bits per heavy atom. The molecule has 0 saturated heterocycles. The molecule has 0 radical (unpaired) electrons. The SMILES string of the molecule is C=C1NC2=C(C(=O)CC(C)(C)C2)C(c2ccc(F)c(F)c2)C1C(=O)OCc1ccccc1. The minimum atomic E-state index is -1.03. The van der Waals surface area contributed by atoms with Gasteiger partial charge in [0.15, 0.2) is 17.4 Å². The maximum absolute atomic E-state index is 14.1. The van der Waals surface area contributed by atoms with Gasteiger partial charge in [-0.15, -0.1) is 0 Å². The second kappa shape index (κ2) is 8.34. The lowest BCUT2D eigenvalue weighted by molar-refractivity contribution is -0.149. The largest absolute Gasteiger partial charge is 0.460 e. The number of halogens is 2. The molecule has 2 aromatic rings. The first kappa shape index (κ1) is 21.9. The van der Waals surface area contributed by atoms with Gasteiger partial charge < -0.3 is 10.1 Å². The number of ketones is 1. The number of allylic oxidation sites excluding steroid dienone is 2. The molecule has 2 aliphatic rings. The monoisotopic (exact) mass is 437 g/mol. The third-order valence-corrected chi connectivity index (χ3v) is 6.03. The lowest BCUT2D eigenvalue weighted by Crippen LogP contribution is -2.43. The molecule has 0 spiro atoms. The third-order valence-electron chi connectivity index (χ3n) is 6.03. The van der Waals surface area contributed by atoms with Crippen molar-refractivity contribution in [2.24, 2.45) is 11.3 Å². The number of rotatable bonds is 4. The summed E-state index contributed by atoms with van der Waals surface area (Å²) in [5.41, 5.74) is 2.37. The van der Waals surface area contributed by atoms with Crippen LogP contribution in [0.4, 0.5) is 8.78 Å². The zero-order chi connectivity index (χ0) is 23.0. The number of benzene rings is 2. The van der Waals surface area contributed by atoms with Gasteiger partial charge in [0, 0.05) is 29.3 Å². The Kier molecular flexibility index (Phi) is 5.71. The molecule has 0 bridgehead atoms. The topological polar surface area (TPSA) is 55.4 Å². The van der Waals surface area contributed by atoms with Crippen molar-refractivity contribution in [3.05, 3.63) is 94.8 Å². The first-order valence-corrected chi connectivity index (χ1v) is 10.5. The number of hydrogen-bond acceptors (Lipinski definition) is 4. The molecule has 2 atom stereocenters. The van der Waals surface area contributed by atoms with E-state index in [0.717, 1.165) is 17.7 Å². The summed E-state index contributed by atoms with van der Waals surface area (Å²) in [6, 6.07) is 12.7. The van der Waals surface area contributed by atoms with Crippen molar-refractivity contribution in [1.29, 1.82) is 0 Å². The van der Waals surface area contributed by atoms with Gasteiger partial charge in [0.05, 0.1) is 0 Å². The standard InChI is InChI=1S/C26H25F2NO3/c1-15-22(25(31)32-14-16-7-5-4-6-8-16)23(17-9-10-18(27)19(28)11-17)24-20(29-15)12-26(2,3)13-21(24)30/h4-11,22-23,29H,1,12-14H2,2-3H3. The lowest BCUT2D eigenvalue weighted by Gasteiger charge is -2.42. The molecule has 1 N–H and O–H groups in total. The van der Waals surface area contributed by atoms with Gasteiger partial charge in [-0.05, 0) is 35.1 Å². The van der Waals surface area contributed by atoms with Crippen LogP contribution in [0.1, 0.15) is 43.7 Å². The van der Waals surface area contributed by atoms with E-state index in [9.17, 15) is 18.4 Å². The highest BCUT2D eigenvalue weighted by Crippen LogP contribution is 2.48. The van der Waals surface area contributed by atoms with E-state index in [0.29, 0.717) is 35.4 Å². The van der Waals surface area contributed by atoms with Gasteiger partial charge in [0.25, 0.3) is 0 Å². The maximum Gasteiger partial charge on any atom is 0.316 e. The maximum atomic E-state index is 14.1. The average Bonchev–Trinajstić information content (AvgIpc) is 2.73. The molecule has 1 aliphatic carbocycles. The molecule has 0 amide bonds. The van der Waals surface area contributed by atoms with Crippen molar-refractivity contribution in [3.8, 4) is 0 Å². The molecular weight excluding hydrogens is 412 g/mol. The second-order valence-corrected chi connectivity index (χ2v) is 9.21. The predicted molar refractivity (Wildman–Crippen MR) is 116 cm³/mol. The van der Waals surface area contributed by atoms with Crippen LogP contribution in [0.25, 0.3) is 0 Å². The highest BCUT2D eigenvalue weighted by molar-refractivity contribution is 6.00. The second-order valence-electron chi connectivity index (χ2n) is 9.21. The Morgan fingerprint density at radius 1 is 1.12 bits per heavy atom. The van der Waals surface area contributed by atoms with Crippen LogP contribution in [-0.4, -0.2) is 11.8 Å². The minimum Gasteiger partial charge on any atom is -0.460 e. The summed E-state index contributed by atoms with van der Waals surface area (Å²) in [5, 5.41) is 3.15. The number of ether oxygens (including phenoxy) is 1. The highest BCUT2D eigenvalue weighted by atomic mass is 19.2. The van der Waals surface area contributed by atoms with Gasteiger partial charge in [-0.1, -0.05) is 56.8 Å². The number of carbonyl (C=O) groups is 2. The highest BCUT2D eigenvalue weighted by Gasteiger charge is 2.46. The van der Waals surface area contributed by atoms with E-state index in [4.69, 9.17) is 4.74 Å². The Labute approximate surface area is 186 Å². The average molecular weight is 437 g/mol. The zero-order valence-corrected chi connectivity index (χ0v) is 18.1. The molecule has 6 heteroatoms. The molecule has 0 fully saturated rings. The zero-order valence-electron chi connectivity index (χ0n) is 18.1.